The van der Waals surface area contributed by atoms with Gasteiger partial charge in [-0.2, -0.15) is 13.2 Å². The van der Waals surface area contributed by atoms with Gasteiger partial charge >= 0.3 is 6.18 Å². The van der Waals surface area contributed by atoms with Gasteiger partial charge in [-0.25, -0.2) is 0 Å². The third-order valence-corrected chi connectivity index (χ3v) is 6.55. The third kappa shape index (κ3) is 5.82. The average Bonchev–Trinajstić information content (AvgIpc) is 2.90. The maximum Gasteiger partial charge on any atom is 0.416 e. The second-order valence-corrected chi connectivity index (χ2v) is 8.76. The first-order valence-corrected chi connectivity index (χ1v) is 11.8. The normalized spacial score (nSPS) is 14.9. The van der Waals surface area contributed by atoms with E-state index in [0.717, 1.165) is 11.8 Å². The summed E-state index contributed by atoms with van der Waals surface area (Å²) < 4.78 is 50.8. The van der Waals surface area contributed by atoms with Crippen molar-refractivity contribution in [3.63, 3.8) is 0 Å². The molecule has 1 fully saturated rings. The standard InChI is InChI=1S/C28H29F3N2O3/c1-35-24-11-7-20(8-12-24)27(34)33(22-9-13-25(36-2)14-10-22)23-15-17-32(18-16-23)19-21-5-3-4-6-26(21)28(29,30)31/h3-14,23H,15-19H2,1-2H3. The molecule has 0 spiro atoms. The van der Waals surface area contributed by atoms with E-state index in [0.29, 0.717) is 43.0 Å². The van der Waals surface area contributed by atoms with E-state index in [1.807, 2.05) is 29.2 Å². The van der Waals surface area contributed by atoms with Gasteiger partial charge in [-0.1, -0.05) is 18.2 Å². The highest BCUT2D eigenvalue weighted by Crippen LogP contribution is 2.33. The van der Waals surface area contributed by atoms with Crippen molar-refractivity contribution < 1.29 is 27.4 Å². The fraction of sp³-hybridized carbons (Fsp3) is 0.321. The number of ether oxygens (including phenoxy) is 2. The second kappa shape index (κ2) is 11.0. The van der Waals surface area contributed by atoms with Crippen LogP contribution in [-0.2, 0) is 12.7 Å². The van der Waals surface area contributed by atoms with E-state index in [1.54, 1.807) is 49.5 Å². The molecular formula is C28H29F3N2O3. The number of hydrogen-bond donors (Lipinski definition) is 0. The van der Waals surface area contributed by atoms with Gasteiger partial charge in [0.1, 0.15) is 11.5 Å². The Labute approximate surface area is 209 Å². The van der Waals surface area contributed by atoms with E-state index in [9.17, 15) is 18.0 Å². The average molecular weight is 499 g/mol. The quantitative estimate of drug-likeness (QED) is 0.399. The molecule has 0 aromatic heterocycles. The van der Waals surface area contributed by atoms with E-state index in [2.05, 4.69) is 0 Å². The van der Waals surface area contributed by atoms with Crippen LogP contribution < -0.4 is 14.4 Å². The molecule has 3 aromatic carbocycles. The van der Waals surface area contributed by atoms with Gasteiger partial charge in [0.05, 0.1) is 19.8 Å². The number of likely N-dealkylation sites (tertiary alicyclic amines) is 1. The molecule has 0 atom stereocenters. The molecule has 4 rings (SSSR count). The largest absolute Gasteiger partial charge is 0.497 e. The van der Waals surface area contributed by atoms with Gasteiger partial charge in [-0.15, -0.1) is 0 Å². The van der Waals surface area contributed by atoms with Gasteiger partial charge in [0.25, 0.3) is 5.91 Å². The lowest BCUT2D eigenvalue weighted by Crippen LogP contribution is -2.47. The lowest BCUT2D eigenvalue weighted by Gasteiger charge is -2.39. The van der Waals surface area contributed by atoms with Gasteiger partial charge in [0.2, 0.25) is 0 Å². The van der Waals surface area contributed by atoms with Gasteiger partial charge in [-0.05, 0) is 73.0 Å². The summed E-state index contributed by atoms with van der Waals surface area (Å²) in [7, 11) is 3.16. The summed E-state index contributed by atoms with van der Waals surface area (Å²) >= 11 is 0. The van der Waals surface area contributed by atoms with Gasteiger partial charge in [0.15, 0.2) is 0 Å². The van der Waals surface area contributed by atoms with Crippen LogP contribution in [0, 0.1) is 0 Å². The Morgan fingerprint density at radius 3 is 2.00 bits per heavy atom. The Bertz CT molecular complexity index is 1160. The van der Waals surface area contributed by atoms with Crippen LogP contribution >= 0.6 is 0 Å². The van der Waals surface area contributed by atoms with Crippen molar-refractivity contribution in [2.24, 2.45) is 0 Å². The minimum Gasteiger partial charge on any atom is -0.497 e. The maximum absolute atomic E-state index is 13.6. The van der Waals surface area contributed by atoms with Crippen molar-refractivity contribution >= 4 is 11.6 Å². The highest BCUT2D eigenvalue weighted by atomic mass is 19.4. The summed E-state index contributed by atoms with van der Waals surface area (Å²) in [5.41, 5.74) is 0.956. The van der Waals surface area contributed by atoms with E-state index >= 15 is 0 Å². The Morgan fingerprint density at radius 1 is 0.889 bits per heavy atom. The Balaban J connectivity index is 1.53. The molecule has 1 aliphatic rings. The molecule has 3 aromatic rings. The lowest BCUT2D eigenvalue weighted by molar-refractivity contribution is -0.138. The SMILES string of the molecule is COc1ccc(C(=O)N(c2ccc(OC)cc2)C2CCN(Cc3ccccc3C(F)(F)F)CC2)cc1. The number of amides is 1. The Hall–Kier alpha value is -3.52. The second-order valence-electron chi connectivity index (χ2n) is 8.76. The summed E-state index contributed by atoms with van der Waals surface area (Å²) in [5, 5.41) is 0. The number of hydrogen-bond acceptors (Lipinski definition) is 4. The molecule has 0 bridgehead atoms. The number of methoxy groups -OCH3 is 2. The van der Waals surface area contributed by atoms with E-state index in [1.165, 1.54) is 12.1 Å². The maximum atomic E-state index is 13.6. The van der Waals surface area contributed by atoms with Crippen molar-refractivity contribution in [1.82, 2.24) is 4.90 Å². The summed E-state index contributed by atoms with van der Waals surface area (Å²) in [6.07, 6.45) is -3.10. The van der Waals surface area contributed by atoms with Crippen LogP contribution in [0.15, 0.2) is 72.8 Å². The number of carbonyl (C=O) groups is 1. The number of halogens is 3. The molecule has 0 unspecified atom stereocenters. The first-order chi connectivity index (χ1) is 17.3. The predicted octanol–water partition coefficient (Wildman–Crippen LogP) is 6.03. The topological polar surface area (TPSA) is 42.0 Å². The summed E-state index contributed by atoms with van der Waals surface area (Å²) in [5.74, 6) is 1.22. The van der Waals surface area contributed by atoms with Crippen molar-refractivity contribution in [3.05, 3.63) is 89.5 Å². The highest BCUT2D eigenvalue weighted by Gasteiger charge is 2.34. The Morgan fingerprint density at radius 2 is 1.44 bits per heavy atom. The number of piperidine rings is 1. The number of alkyl halides is 3. The first kappa shape index (κ1) is 25.6. The fourth-order valence-electron chi connectivity index (χ4n) is 4.62. The number of benzene rings is 3. The molecule has 36 heavy (non-hydrogen) atoms. The minimum atomic E-state index is -4.38. The third-order valence-electron chi connectivity index (χ3n) is 6.55. The van der Waals surface area contributed by atoms with Gasteiger partial charge in [0, 0.05) is 36.9 Å². The van der Waals surface area contributed by atoms with Crippen LogP contribution in [0.2, 0.25) is 0 Å². The molecule has 0 aliphatic carbocycles. The first-order valence-electron chi connectivity index (χ1n) is 11.8. The molecule has 5 nitrogen and oxygen atoms in total. The smallest absolute Gasteiger partial charge is 0.416 e. The lowest BCUT2D eigenvalue weighted by atomic mass is 9.99. The van der Waals surface area contributed by atoms with Crippen molar-refractivity contribution in [1.29, 1.82) is 0 Å². The summed E-state index contributed by atoms with van der Waals surface area (Å²) in [4.78, 5) is 17.5. The van der Waals surface area contributed by atoms with Crippen LogP contribution in [0.25, 0.3) is 0 Å². The molecule has 1 aliphatic heterocycles. The van der Waals surface area contributed by atoms with Crippen LogP contribution in [0.5, 0.6) is 11.5 Å². The number of rotatable bonds is 7. The van der Waals surface area contributed by atoms with Crippen molar-refractivity contribution in [3.8, 4) is 11.5 Å². The molecule has 8 heteroatoms. The van der Waals surface area contributed by atoms with E-state index < -0.39 is 11.7 Å². The molecule has 1 heterocycles. The number of nitrogens with zero attached hydrogens (tertiary/aromatic N) is 2. The molecule has 0 saturated carbocycles. The van der Waals surface area contributed by atoms with Gasteiger partial charge in [-0.3, -0.25) is 9.69 Å². The van der Waals surface area contributed by atoms with Crippen molar-refractivity contribution in [2.45, 2.75) is 31.6 Å². The van der Waals surface area contributed by atoms with E-state index in [-0.39, 0.29) is 24.1 Å². The monoisotopic (exact) mass is 498 g/mol. The molecule has 1 amide bonds. The summed E-state index contributed by atoms with van der Waals surface area (Å²) in [6.45, 7) is 1.39. The summed E-state index contributed by atoms with van der Waals surface area (Å²) in [6, 6.07) is 19.9. The fourth-order valence-corrected chi connectivity index (χ4v) is 4.62. The molecule has 1 saturated heterocycles. The van der Waals surface area contributed by atoms with E-state index in [4.69, 9.17) is 9.47 Å². The zero-order valence-corrected chi connectivity index (χ0v) is 20.3. The van der Waals surface area contributed by atoms with Crippen LogP contribution in [0.3, 0.4) is 0 Å². The molecule has 190 valence electrons. The van der Waals surface area contributed by atoms with Crippen molar-refractivity contribution in [2.75, 3.05) is 32.2 Å². The highest BCUT2D eigenvalue weighted by molar-refractivity contribution is 6.06. The zero-order valence-electron chi connectivity index (χ0n) is 20.3. The molecule has 0 N–H and O–H groups in total. The van der Waals surface area contributed by atoms with Crippen LogP contribution in [-0.4, -0.2) is 44.2 Å². The minimum absolute atomic E-state index is 0.0953. The molecule has 0 radical (unpaired) electrons. The molecular weight excluding hydrogens is 469 g/mol. The number of carbonyl (C=O) groups excluding carboxylic acids is 1. The van der Waals surface area contributed by atoms with Crippen LogP contribution in [0.4, 0.5) is 18.9 Å². The number of anilines is 1. The van der Waals surface area contributed by atoms with Gasteiger partial charge < -0.3 is 14.4 Å². The Kier molecular flexibility index (Phi) is 7.84. The van der Waals surface area contributed by atoms with Crippen LogP contribution in [0.1, 0.15) is 34.3 Å². The predicted molar refractivity (Wildman–Crippen MR) is 133 cm³/mol. The zero-order chi connectivity index (χ0) is 25.7.